The lowest BCUT2D eigenvalue weighted by atomic mass is 9.98. The van der Waals surface area contributed by atoms with Crippen molar-refractivity contribution in [2.24, 2.45) is 0 Å². The topological polar surface area (TPSA) is 29.1 Å². The van der Waals surface area contributed by atoms with Crippen LogP contribution in [0.15, 0.2) is 36.4 Å². The zero-order valence-electron chi connectivity index (χ0n) is 12.2. The molecule has 2 aromatic rings. The third-order valence-corrected chi connectivity index (χ3v) is 3.65. The third-order valence-electron chi connectivity index (χ3n) is 3.34. The lowest BCUT2D eigenvalue weighted by molar-refractivity contribution is 0.102. The number of para-hydroxylation sites is 1. The molecule has 0 aliphatic heterocycles. The predicted octanol–water partition coefficient (Wildman–Crippen LogP) is 5.16. The Balaban J connectivity index is 2.36. The molecule has 1 N–H and O–H groups in total. The molecule has 0 aliphatic carbocycles. The summed E-state index contributed by atoms with van der Waals surface area (Å²) in [7, 11) is 0. The maximum absolute atomic E-state index is 13.1. The molecule has 110 valence electrons. The van der Waals surface area contributed by atoms with E-state index in [-0.39, 0.29) is 22.4 Å². The average Bonchev–Trinajstić information content (AvgIpc) is 2.40. The van der Waals surface area contributed by atoms with Crippen molar-refractivity contribution in [2.45, 2.75) is 26.7 Å². The molecule has 21 heavy (non-hydrogen) atoms. The number of hydrogen-bond acceptors (Lipinski definition) is 1. The van der Waals surface area contributed by atoms with Crippen LogP contribution in [-0.2, 0) is 0 Å². The van der Waals surface area contributed by atoms with Gasteiger partial charge in [-0.2, -0.15) is 0 Å². The van der Waals surface area contributed by atoms with E-state index in [1.807, 2.05) is 25.1 Å². The van der Waals surface area contributed by atoms with Crippen molar-refractivity contribution in [1.82, 2.24) is 0 Å². The smallest absolute Gasteiger partial charge is 0.257 e. The first-order chi connectivity index (χ1) is 9.90. The molecule has 2 rings (SSSR count). The molecule has 4 heteroatoms. The van der Waals surface area contributed by atoms with Gasteiger partial charge in [-0.15, -0.1) is 0 Å². The van der Waals surface area contributed by atoms with Gasteiger partial charge in [0, 0.05) is 5.69 Å². The number of halogens is 2. The van der Waals surface area contributed by atoms with Crippen molar-refractivity contribution in [3.8, 4) is 0 Å². The first-order valence-electron chi connectivity index (χ1n) is 6.76. The fourth-order valence-corrected chi connectivity index (χ4v) is 2.45. The number of rotatable bonds is 3. The highest BCUT2D eigenvalue weighted by atomic mass is 35.5. The summed E-state index contributed by atoms with van der Waals surface area (Å²) >= 11 is 5.93. The zero-order valence-corrected chi connectivity index (χ0v) is 13.0. The number of nitrogens with one attached hydrogen (secondary N) is 1. The molecular formula is C17H17ClFNO. The number of benzene rings is 2. The van der Waals surface area contributed by atoms with Gasteiger partial charge in [0.05, 0.1) is 10.6 Å². The molecule has 0 heterocycles. The third kappa shape index (κ3) is 3.42. The van der Waals surface area contributed by atoms with Crippen molar-refractivity contribution in [2.75, 3.05) is 5.32 Å². The molecule has 2 nitrogen and oxygen atoms in total. The van der Waals surface area contributed by atoms with Crippen molar-refractivity contribution >= 4 is 23.2 Å². The van der Waals surface area contributed by atoms with Gasteiger partial charge in [0.15, 0.2) is 0 Å². The molecule has 0 aliphatic rings. The maximum Gasteiger partial charge on any atom is 0.257 e. The summed E-state index contributed by atoms with van der Waals surface area (Å²) in [6.07, 6.45) is 0. The van der Waals surface area contributed by atoms with Crippen molar-refractivity contribution in [3.63, 3.8) is 0 Å². The molecular weight excluding hydrogens is 289 g/mol. The second-order valence-electron chi connectivity index (χ2n) is 5.27. The lowest BCUT2D eigenvalue weighted by Gasteiger charge is -2.16. The molecule has 0 unspecified atom stereocenters. The number of anilines is 1. The van der Waals surface area contributed by atoms with E-state index in [9.17, 15) is 9.18 Å². The van der Waals surface area contributed by atoms with E-state index in [0.717, 1.165) is 22.9 Å². The van der Waals surface area contributed by atoms with Crippen LogP contribution < -0.4 is 5.32 Å². The molecule has 0 aromatic heterocycles. The van der Waals surface area contributed by atoms with Gasteiger partial charge in [0.1, 0.15) is 5.82 Å². The summed E-state index contributed by atoms with van der Waals surface area (Å²) in [5.41, 5.74) is 3.09. The Kier molecular flexibility index (Phi) is 4.63. The molecule has 0 atom stereocenters. The van der Waals surface area contributed by atoms with E-state index in [4.69, 9.17) is 11.6 Å². The van der Waals surface area contributed by atoms with Gasteiger partial charge in [0.25, 0.3) is 5.91 Å². The summed E-state index contributed by atoms with van der Waals surface area (Å²) in [6.45, 7) is 6.07. The van der Waals surface area contributed by atoms with Crippen LogP contribution in [0.1, 0.15) is 41.3 Å². The van der Waals surface area contributed by atoms with E-state index in [2.05, 4.69) is 19.2 Å². The highest BCUT2D eigenvalue weighted by Crippen LogP contribution is 2.28. The van der Waals surface area contributed by atoms with E-state index in [0.29, 0.717) is 0 Å². The molecule has 1 amide bonds. The Labute approximate surface area is 128 Å². The fourth-order valence-electron chi connectivity index (χ4n) is 2.20. The summed E-state index contributed by atoms with van der Waals surface area (Å²) in [4.78, 5) is 12.4. The highest BCUT2D eigenvalue weighted by molar-refractivity contribution is 6.34. The average molecular weight is 306 g/mol. The molecule has 0 fully saturated rings. The Morgan fingerprint density at radius 3 is 2.57 bits per heavy atom. The molecule has 2 aromatic carbocycles. The van der Waals surface area contributed by atoms with Gasteiger partial charge in [-0.05, 0) is 42.2 Å². The lowest BCUT2D eigenvalue weighted by Crippen LogP contribution is -2.15. The quantitative estimate of drug-likeness (QED) is 0.833. The van der Waals surface area contributed by atoms with Crippen LogP contribution in [0.2, 0.25) is 5.02 Å². The normalized spacial score (nSPS) is 10.8. The van der Waals surface area contributed by atoms with E-state index in [1.54, 1.807) is 0 Å². The minimum atomic E-state index is -0.463. The van der Waals surface area contributed by atoms with Crippen LogP contribution in [0.3, 0.4) is 0 Å². The minimum absolute atomic E-state index is 0.104. The van der Waals surface area contributed by atoms with Gasteiger partial charge in [0.2, 0.25) is 0 Å². The summed E-state index contributed by atoms with van der Waals surface area (Å²) < 4.78 is 13.1. The molecule has 0 radical (unpaired) electrons. The number of carbonyl (C=O) groups excluding carboxylic acids is 1. The van der Waals surface area contributed by atoms with E-state index >= 15 is 0 Å². The van der Waals surface area contributed by atoms with E-state index < -0.39 is 5.82 Å². The maximum atomic E-state index is 13.1. The molecule has 0 saturated carbocycles. The molecule has 0 bridgehead atoms. The first kappa shape index (κ1) is 15.5. The molecule has 0 saturated heterocycles. The number of carbonyl (C=O) groups is 1. The minimum Gasteiger partial charge on any atom is -0.321 e. The van der Waals surface area contributed by atoms with Gasteiger partial charge in [-0.1, -0.05) is 43.6 Å². The fraction of sp³-hybridized carbons (Fsp3) is 0.235. The Hall–Kier alpha value is -1.87. The van der Waals surface area contributed by atoms with Gasteiger partial charge >= 0.3 is 0 Å². The Morgan fingerprint density at radius 1 is 1.24 bits per heavy atom. The standard InChI is InChI=1S/C17H17ClFNO/c1-10(2)13-6-4-5-11(3)16(13)20-17(21)14-8-7-12(19)9-15(14)18/h4-10H,1-3H3,(H,20,21). The van der Waals surface area contributed by atoms with Crippen LogP contribution in [0.25, 0.3) is 0 Å². The highest BCUT2D eigenvalue weighted by Gasteiger charge is 2.15. The number of hydrogen-bond donors (Lipinski definition) is 1. The monoisotopic (exact) mass is 305 g/mol. The first-order valence-corrected chi connectivity index (χ1v) is 7.14. The summed E-state index contributed by atoms with van der Waals surface area (Å²) in [5, 5.41) is 2.99. The SMILES string of the molecule is Cc1cccc(C(C)C)c1NC(=O)c1ccc(F)cc1Cl. The van der Waals surface area contributed by atoms with Gasteiger partial charge in [-0.25, -0.2) is 4.39 Å². The van der Waals surface area contributed by atoms with Crippen LogP contribution in [-0.4, -0.2) is 5.91 Å². The van der Waals surface area contributed by atoms with Crippen LogP contribution >= 0.6 is 11.6 Å². The Bertz CT molecular complexity index is 682. The van der Waals surface area contributed by atoms with Crippen LogP contribution in [0, 0.1) is 12.7 Å². The van der Waals surface area contributed by atoms with Gasteiger partial charge < -0.3 is 5.32 Å². The number of aryl methyl sites for hydroxylation is 1. The van der Waals surface area contributed by atoms with Crippen molar-refractivity contribution in [1.29, 1.82) is 0 Å². The van der Waals surface area contributed by atoms with Crippen molar-refractivity contribution in [3.05, 3.63) is 63.9 Å². The van der Waals surface area contributed by atoms with Gasteiger partial charge in [-0.3, -0.25) is 4.79 Å². The summed E-state index contributed by atoms with van der Waals surface area (Å²) in [5.74, 6) is -0.518. The summed E-state index contributed by atoms with van der Waals surface area (Å²) in [6, 6.07) is 9.64. The predicted molar refractivity (Wildman–Crippen MR) is 84.6 cm³/mol. The van der Waals surface area contributed by atoms with Crippen LogP contribution in [0.4, 0.5) is 10.1 Å². The second kappa shape index (κ2) is 6.27. The van der Waals surface area contributed by atoms with E-state index in [1.165, 1.54) is 12.1 Å². The second-order valence-corrected chi connectivity index (χ2v) is 5.68. The van der Waals surface area contributed by atoms with Crippen LogP contribution in [0.5, 0.6) is 0 Å². The van der Waals surface area contributed by atoms with Crippen molar-refractivity contribution < 1.29 is 9.18 Å². The Morgan fingerprint density at radius 2 is 1.95 bits per heavy atom. The number of amides is 1. The molecule has 0 spiro atoms. The zero-order chi connectivity index (χ0) is 15.6. The largest absolute Gasteiger partial charge is 0.321 e.